The molecule has 114 valence electrons. The number of sulfonamides is 1. The highest BCUT2D eigenvalue weighted by Crippen LogP contribution is 2.10. The van der Waals surface area contributed by atoms with Gasteiger partial charge in [0.05, 0.1) is 0 Å². The fourth-order valence-electron chi connectivity index (χ4n) is 1.51. The molecule has 0 saturated carbocycles. The number of anilines is 1. The minimum atomic E-state index is -3.48. The topological polar surface area (TPSA) is 80.3 Å². The van der Waals surface area contributed by atoms with Crippen LogP contribution in [0.25, 0.3) is 0 Å². The number of aromatic nitrogens is 1. The van der Waals surface area contributed by atoms with Crippen LogP contribution in [-0.4, -0.2) is 39.7 Å². The summed E-state index contributed by atoms with van der Waals surface area (Å²) < 4.78 is 31.6. The Morgan fingerprint density at radius 2 is 2.05 bits per heavy atom. The van der Waals surface area contributed by atoms with E-state index in [0.717, 1.165) is 13.0 Å². The van der Waals surface area contributed by atoms with Crippen molar-refractivity contribution < 1.29 is 13.2 Å². The molecule has 0 spiro atoms. The summed E-state index contributed by atoms with van der Waals surface area (Å²) in [7, 11) is -3.48. The van der Waals surface area contributed by atoms with Gasteiger partial charge in [0.15, 0.2) is 0 Å². The summed E-state index contributed by atoms with van der Waals surface area (Å²) in [6.07, 6.45) is 3.00. The second-order valence-corrected chi connectivity index (χ2v) is 6.02. The van der Waals surface area contributed by atoms with Crippen molar-refractivity contribution in [2.75, 3.05) is 31.6 Å². The van der Waals surface area contributed by atoms with Crippen molar-refractivity contribution in [1.29, 1.82) is 0 Å². The summed E-state index contributed by atoms with van der Waals surface area (Å²) in [6, 6.07) is 3.22. The molecule has 0 bridgehead atoms. The molecule has 0 aliphatic carbocycles. The molecule has 20 heavy (non-hydrogen) atoms. The molecule has 0 saturated heterocycles. The number of rotatable bonds is 10. The molecule has 0 aliphatic rings. The monoisotopic (exact) mass is 301 g/mol. The summed E-state index contributed by atoms with van der Waals surface area (Å²) in [5.41, 5.74) is 0. The molecule has 6 nitrogen and oxygen atoms in total. The van der Waals surface area contributed by atoms with Gasteiger partial charge in [0, 0.05) is 32.5 Å². The Morgan fingerprint density at radius 3 is 2.65 bits per heavy atom. The Kier molecular flexibility index (Phi) is 7.50. The summed E-state index contributed by atoms with van der Waals surface area (Å²) >= 11 is 0. The lowest BCUT2D eigenvalue weighted by molar-refractivity contribution is 0.146. The van der Waals surface area contributed by atoms with Gasteiger partial charge in [0.25, 0.3) is 0 Å². The number of nitrogens with zero attached hydrogens (tertiary/aromatic N) is 1. The lowest BCUT2D eigenvalue weighted by Crippen LogP contribution is -2.25. The van der Waals surface area contributed by atoms with Gasteiger partial charge in [-0.3, -0.25) is 0 Å². The predicted molar refractivity (Wildman–Crippen MR) is 79.3 cm³/mol. The van der Waals surface area contributed by atoms with Gasteiger partial charge in [-0.2, -0.15) is 0 Å². The maximum atomic E-state index is 12.0. The first-order chi connectivity index (χ1) is 9.60. The molecule has 1 aromatic heterocycles. The lowest BCUT2D eigenvalue weighted by Gasteiger charge is -2.08. The number of hydrogen-bond acceptors (Lipinski definition) is 5. The molecular formula is C13H23N3O3S. The van der Waals surface area contributed by atoms with E-state index in [-0.39, 0.29) is 4.90 Å². The van der Waals surface area contributed by atoms with E-state index in [1.165, 1.54) is 6.20 Å². The first-order valence-corrected chi connectivity index (χ1v) is 8.35. The maximum Gasteiger partial charge on any atom is 0.242 e. The van der Waals surface area contributed by atoms with Crippen LogP contribution in [-0.2, 0) is 14.8 Å². The number of hydrogen-bond donors (Lipinski definition) is 2. The highest BCUT2D eigenvalue weighted by atomic mass is 32.2. The van der Waals surface area contributed by atoms with Crippen molar-refractivity contribution in [2.24, 2.45) is 0 Å². The molecule has 0 unspecified atom stereocenters. The minimum Gasteiger partial charge on any atom is -0.382 e. The normalized spacial score (nSPS) is 11.5. The fraction of sp³-hybridized carbons (Fsp3) is 0.615. The molecule has 0 radical (unpaired) electrons. The van der Waals surface area contributed by atoms with Crippen molar-refractivity contribution in [3.05, 3.63) is 18.3 Å². The second-order valence-electron chi connectivity index (χ2n) is 4.25. The molecule has 0 fully saturated rings. The third-order valence-corrected chi connectivity index (χ3v) is 4.01. The molecule has 1 aromatic rings. The van der Waals surface area contributed by atoms with Crippen LogP contribution in [0.2, 0.25) is 0 Å². The van der Waals surface area contributed by atoms with Gasteiger partial charge in [-0.15, -0.1) is 0 Å². The van der Waals surface area contributed by atoms with Crippen molar-refractivity contribution >= 4 is 15.8 Å². The van der Waals surface area contributed by atoms with E-state index in [2.05, 4.69) is 21.9 Å². The smallest absolute Gasteiger partial charge is 0.242 e. The van der Waals surface area contributed by atoms with E-state index in [1.807, 2.05) is 6.92 Å². The Labute approximate surface area is 121 Å². The van der Waals surface area contributed by atoms with Crippen molar-refractivity contribution in [3.63, 3.8) is 0 Å². The van der Waals surface area contributed by atoms with Crippen molar-refractivity contribution in [1.82, 2.24) is 9.71 Å². The van der Waals surface area contributed by atoms with E-state index in [4.69, 9.17) is 4.74 Å². The average molecular weight is 301 g/mol. The SMILES string of the molecule is CCCNc1ccc(S(=O)(=O)NCCCOCC)cn1. The quantitative estimate of drug-likeness (QED) is 0.642. The number of pyridine rings is 1. The number of ether oxygens (including phenoxy) is 1. The largest absolute Gasteiger partial charge is 0.382 e. The first-order valence-electron chi connectivity index (χ1n) is 6.87. The molecule has 0 amide bonds. The molecule has 0 aliphatic heterocycles. The molecule has 2 N–H and O–H groups in total. The van der Waals surface area contributed by atoms with Crippen molar-refractivity contribution in [3.8, 4) is 0 Å². The van der Waals surface area contributed by atoms with Crippen LogP contribution in [0.1, 0.15) is 26.7 Å². The zero-order chi connectivity index (χ0) is 14.8. The Bertz CT molecular complexity index is 474. The first kappa shape index (κ1) is 16.9. The van der Waals surface area contributed by atoms with Crippen LogP contribution >= 0.6 is 0 Å². The zero-order valence-corrected chi connectivity index (χ0v) is 12.9. The molecule has 1 rings (SSSR count). The van der Waals surface area contributed by atoms with E-state index < -0.39 is 10.0 Å². The van der Waals surface area contributed by atoms with E-state index in [0.29, 0.717) is 32.0 Å². The highest BCUT2D eigenvalue weighted by Gasteiger charge is 2.13. The number of nitrogens with one attached hydrogen (secondary N) is 2. The van der Waals surface area contributed by atoms with Gasteiger partial charge in [-0.25, -0.2) is 18.1 Å². The third kappa shape index (κ3) is 5.85. The Balaban J connectivity index is 2.50. The molecule has 0 aromatic carbocycles. The van der Waals surface area contributed by atoms with Crippen LogP contribution in [0.4, 0.5) is 5.82 Å². The van der Waals surface area contributed by atoms with E-state index in [1.54, 1.807) is 12.1 Å². The zero-order valence-electron chi connectivity index (χ0n) is 12.1. The fourth-order valence-corrected chi connectivity index (χ4v) is 2.52. The van der Waals surface area contributed by atoms with E-state index in [9.17, 15) is 8.42 Å². The van der Waals surface area contributed by atoms with Gasteiger partial charge in [0.2, 0.25) is 10.0 Å². The van der Waals surface area contributed by atoms with Crippen LogP contribution in [0, 0.1) is 0 Å². The Morgan fingerprint density at radius 1 is 1.25 bits per heavy atom. The van der Waals surface area contributed by atoms with E-state index >= 15 is 0 Å². The lowest BCUT2D eigenvalue weighted by atomic mass is 10.4. The predicted octanol–water partition coefficient (Wildman–Crippen LogP) is 1.61. The van der Waals surface area contributed by atoms with Gasteiger partial charge in [-0.1, -0.05) is 6.92 Å². The molecule has 7 heteroatoms. The van der Waals surface area contributed by atoms with Crippen LogP contribution in [0.15, 0.2) is 23.2 Å². The summed E-state index contributed by atoms with van der Waals surface area (Å²) in [5.74, 6) is 0.683. The summed E-state index contributed by atoms with van der Waals surface area (Å²) in [4.78, 5) is 4.26. The standard InChI is InChI=1S/C13H23N3O3S/c1-3-8-14-13-7-6-12(11-15-13)20(17,18)16-9-5-10-19-4-2/h6-7,11,16H,3-5,8-10H2,1-2H3,(H,14,15). The molecule has 0 atom stereocenters. The maximum absolute atomic E-state index is 12.0. The third-order valence-electron chi connectivity index (χ3n) is 2.56. The summed E-state index contributed by atoms with van der Waals surface area (Å²) in [5, 5.41) is 3.10. The van der Waals surface area contributed by atoms with Gasteiger partial charge in [-0.05, 0) is 31.9 Å². The van der Waals surface area contributed by atoms with Crippen molar-refractivity contribution in [2.45, 2.75) is 31.6 Å². The van der Waals surface area contributed by atoms with Crippen LogP contribution in [0.3, 0.4) is 0 Å². The van der Waals surface area contributed by atoms with Gasteiger partial charge >= 0.3 is 0 Å². The average Bonchev–Trinajstić information content (AvgIpc) is 2.45. The Hall–Kier alpha value is -1.18. The van der Waals surface area contributed by atoms with Gasteiger partial charge in [0.1, 0.15) is 10.7 Å². The molecule has 1 heterocycles. The highest BCUT2D eigenvalue weighted by molar-refractivity contribution is 7.89. The second kappa shape index (κ2) is 8.89. The van der Waals surface area contributed by atoms with Gasteiger partial charge < -0.3 is 10.1 Å². The molecular weight excluding hydrogens is 278 g/mol. The van der Waals surface area contributed by atoms with Crippen LogP contribution in [0.5, 0.6) is 0 Å². The van der Waals surface area contributed by atoms with Crippen LogP contribution < -0.4 is 10.0 Å². The minimum absolute atomic E-state index is 0.177. The summed E-state index contributed by atoms with van der Waals surface area (Å²) in [6.45, 7) is 6.33.